The van der Waals surface area contributed by atoms with E-state index in [1.165, 1.54) is 0 Å². The van der Waals surface area contributed by atoms with Crippen LogP contribution in [-0.2, 0) is 0 Å². The minimum Gasteiger partial charge on any atom is -0.392 e. The highest BCUT2D eigenvalue weighted by molar-refractivity contribution is 4.74. The van der Waals surface area contributed by atoms with E-state index < -0.39 is 0 Å². The highest BCUT2D eigenvalue weighted by Gasteiger charge is 2.19. The maximum Gasteiger partial charge on any atom is 0.0664 e. The van der Waals surface area contributed by atoms with Gasteiger partial charge in [0.25, 0.3) is 0 Å². The van der Waals surface area contributed by atoms with Gasteiger partial charge >= 0.3 is 0 Å². The van der Waals surface area contributed by atoms with E-state index in [0.29, 0.717) is 6.04 Å². The van der Waals surface area contributed by atoms with Crippen LogP contribution in [-0.4, -0.2) is 35.2 Å². The first kappa shape index (κ1) is 11.9. The van der Waals surface area contributed by atoms with E-state index in [2.05, 4.69) is 32.7 Å². The van der Waals surface area contributed by atoms with Gasteiger partial charge < -0.3 is 5.11 Å². The Morgan fingerprint density at radius 1 is 1.17 bits per heavy atom. The molecule has 0 aromatic heterocycles. The first-order valence-corrected chi connectivity index (χ1v) is 4.94. The fourth-order valence-electron chi connectivity index (χ4n) is 1.54. The largest absolute Gasteiger partial charge is 0.392 e. The van der Waals surface area contributed by atoms with E-state index in [9.17, 15) is 5.11 Å². The molecule has 2 unspecified atom stereocenters. The number of hydrogen-bond donors (Lipinski definition) is 1. The average molecular weight is 173 g/mol. The highest BCUT2D eigenvalue weighted by atomic mass is 16.3. The number of rotatable bonds is 5. The van der Waals surface area contributed by atoms with Gasteiger partial charge in [0.05, 0.1) is 6.10 Å². The Balaban J connectivity index is 4.05. The Hall–Kier alpha value is -0.0800. The van der Waals surface area contributed by atoms with Crippen LogP contribution in [0.1, 0.15) is 40.5 Å². The van der Waals surface area contributed by atoms with E-state index in [1.54, 1.807) is 0 Å². The van der Waals surface area contributed by atoms with Crippen LogP contribution in [0.4, 0.5) is 0 Å². The summed E-state index contributed by atoms with van der Waals surface area (Å²) in [5, 5.41) is 9.39. The molecule has 74 valence electrons. The predicted molar refractivity (Wildman–Crippen MR) is 53.3 cm³/mol. The van der Waals surface area contributed by atoms with E-state index in [1.807, 2.05) is 6.92 Å². The van der Waals surface area contributed by atoms with Crippen molar-refractivity contribution in [2.75, 3.05) is 7.05 Å². The van der Waals surface area contributed by atoms with Crippen molar-refractivity contribution >= 4 is 0 Å². The van der Waals surface area contributed by atoms with Crippen LogP contribution in [0.25, 0.3) is 0 Å². The fraction of sp³-hybridized carbons (Fsp3) is 1.00. The summed E-state index contributed by atoms with van der Waals surface area (Å²) in [5.41, 5.74) is 0. The first-order valence-electron chi connectivity index (χ1n) is 4.94. The Kier molecular flexibility index (Phi) is 5.51. The zero-order valence-corrected chi connectivity index (χ0v) is 9.04. The second-order valence-electron chi connectivity index (χ2n) is 3.62. The molecule has 0 heterocycles. The van der Waals surface area contributed by atoms with Crippen LogP contribution in [0.2, 0.25) is 0 Å². The normalized spacial score (nSPS) is 17.0. The minimum absolute atomic E-state index is 0.240. The van der Waals surface area contributed by atoms with Crippen molar-refractivity contribution in [1.82, 2.24) is 4.90 Å². The predicted octanol–water partition coefficient (Wildman–Crippen LogP) is 1.88. The van der Waals surface area contributed by atoms with Crippen LogP contribution < -0.4 is 0 Å². The number of nitrogens with zero attached hydrogens (tertiary/aromatic N) is 1. The van der Waals surface area contributed by atoms with Gasteiger partial charge in [0, 0.05) is 12.1 Å². The van der Waals surface area contributed by atoms with Crippen molar-refractivity contribution in [3.8, 4) is 0 Å². The average Bonchev–Trinajstić information content (AvgIpc) is 2.05. The summed E-state index contributed by atoms with van der Waals surface area (Å²) in [6.45, 7) is 8.31. The lowest BCUT2D eigenvalue weighted by Gasteiger charge is -2.33. The fourth-order valence-corrected chi connectivity index (χ4v) is 1.54. The van der Waals surface area contributed by atoms with E-state index in [0.717, 1.165) is 12.8 Å². The third-order valence-electron chi connectivity index (χ3n) is 2.86. The van der Waals surface area contributed by atoms with Gasteiger partial charge in [0.2, 0.25) is 0 Å². The van der Waals surface area contributed by atoms with Crippen molar-refractivity contribution in [2.24, 2.45) is 0 Å². The molecule has 2 nitrogen and oxygen atoms in total. The Morgan fingerprint density at radius 2 is 1.58 bits per heavy atom. The lowest BCUT2D eigenvalue weighted by Crippen LogP contribution is -2.43. The van der Waals surface area contributed by atoms with Crippen molar-refractivity contribution in [2.45, 2.75) is 58.7 Å². The maximum atomic E-state index is 9.39. The monoisotopic (exact) mass is 173 g/mol. The molecule has 0 aromatic carbocycles. The molecular weight excluding hydrogens is 150 g/mol. The molecule has 0 fully saturated rings. The number of aliphatic hydroxyl groups is 1. The standard InChI is InChI=1S/C10H23NO/c1-6-10(7-2)11(5)8(3)9(4)12/h8-10,12H,6-7H2,1-5H3. The summed E-state index contributed by atoms with van der Waals surface area (Å²) < 4.78 is 0. The molecule has 1 N–H and O–H groups in total. The van der Waals surface area contributed by atoms with E-state index in [-0.39, 0.29) is 12.1 Å². The van der Waals surface area contributed by atoms with Crippen molar-refractivity contribution < 1.29 is 5.11 Å². The highest BCUT2D eigenvalue weighted by Crippen LogP contribution is 2.11. The molecule has 0 aliphatic heterocycles. The Labute approximate surface area is 76.6 Å². The summed E-state index contributed by atoms with van der Waals surface area (Å²) in [5.74, 6) is 0. The third kappa shape index (κ3) is 3.11. The van der Waals surface area contributed by atoms with Crippen LogP contribution in [0, 0.1) is 0 Å². The molecule has 12 heavy (non-hydrogen) atoms. The molecule has 0 saturated carbocycles. The number of aliphatic hydroxyl groups excluding tert-OH is 1. The molecule has 0 aliphatic rings. The van der Waals surface area contributed by atoms with Gasteiger partial charge in [-0.25, -0.2) is 0 Å². The van der Waals surface area contributed by atoms with Gasteiger partial charge in [0.15, 0.2) is 0 Å². The van der Waals surface area contributed by atoms with E-state index in [4.69, 9.17) is 0 Å². The van der Waals surface area contributed by atoms with Gasteiger partial charge in [-0.05, 0) is 33.7 Å². The summed E-state index contributed by atoms with van der Waals surface area (Å²) in [4.78, 5) is 2.27. The summed E-state index contributed by atoms with van der Waals surface area (Å²) in [6, 6.07) is 0.865. The van der Waals surface area contributed by atoms with Gasteiger partial charge in [-0.1, -0.05) is 13.8 Å². The molecule has 0 radical (unpaired) electrons. The smallest absolute Gasteiger partial charge is 0.0664 e. The lowest BCUT2D eigenvalue weighted by molar-refractivity contribution is 0.0588. The lowest BCUT2D eigenvalue weighted by atomic mass is 10.1. The van der Waals surface area contributed by atoms with E-state index >= 15 is 0 Å². The zero-order chi connectivity index (χ0) is 9.72. The van der Waals surface area contributed by atoms with Crippen LogP contribution in [0.3, 0.4) is 0 Å². The molecule has 0 amide bonds. The second kappa shape index (κ2) is 5.55. The molecule has 2 heteroatoms. The molecule has 0 aliphatic carbocycles. The topological polar surface area (TPSA) is 23.5 Å². The Morgan fingerprint density at radius 3 is 1.83 bits per heavy atom. The van der Waals surface area contributed by atoms with Crippen molar-refractivity contribution in [1.29, 1.82) is 0 Å². The summed E-state index contributed by atoms with van der Waals surface area (Å²) in [6.07, 6.45) is 2.07. The SMILES string of the molecule is CCC(CC)N(C)C(C)C(C)O. The third-order valence-corrected chi connectivity index (χ3v) is 2.86. The molecular formula is C10H23NO. The first-order chi connectivity index (χ1) is 5.54. The van der Waals surface area contributed by atoms with Crippen LogP contribution in [0.15, 0.2) is 0 Å². The van der Waals surface area contributed by atoms with Gasteiger partial charge in [0.1, 0.15) is 0 Å². The van der Waals surface area contributed by atoms with Gasteiger partial charge in [-0.15, -0.1) is 0 Å². The Bertz CT molecular complexity index is 108. The molecule has 0 spiro atoms. The van der Waals surface area contributed by atoms with Crippen LogP contribution in [0.5, 0.6) is 0 Å². The maximum absolute atomic E-state index is 9.39. The molecule has 0 bridgehead atoms. The van der Waals surface area contributed by atoms with Gasteiger partial charge in [-0.2, -0.15) is 0 Å². The second-order valence-corrected chi connectivity index (χ2v) is 3.62. The van der Waals surface area contributed by atoms with Crippen molar-refractivity contribution in [3.05, 3.63) is 0 Å². The summed E-state index contributed by atoms with van der Waals surface area (Å²) >= 11 is 0. The van der Waals surface area contributed by atoms with Crippen molar-refractivity contribution in [3.63, 3.8) is 0 Å². The van der Waals surface area contributed by atoms with Gasteiger partial charge in [-0.3, -0.25) is 4.90 Å². The summed E-state index contributed by atoms with van der Waals surface area (Å²) in [7, 11) is 2.09. The quantitative estimate of drug-likeness (QED) is 0.686. The molecule has 0 rings (SSSR count). The zero-order valence-electron chi connectivity index (χ0n) is 9.04. The number of likely N-dealkylation sites (N-methyl/N-ethyl adjacent to an activating group) is 1. The number of hydrogen-bond acceptors (Lipinski definition) is 2. The molecule has 0 saturated heterocycles. The minimum atomic E-state index is -0.240. The molecule has 0 aromatic rings. The molecule has 2 atom stereocenters. The van der Waals surface area contributed by atoms with Crippen LogP contribution >= 0.6 is 0 Å².